The second kappa shape index (κ2) is 37.8. The summed E-state index contributed by atoms with van der Waals surface area (Å²) in [4.78, 5) is 32.7. The fourth-order valence-corrected chi connectivity index (χ4v) is 7.17. The predicted molar refractivity (Wildman–Crippen MR) is 355 cm³/mol. The first kappa shape index (κ1) is 79.0. The zero-order chi connectivity index (χ0) is 61.8. The molecule has 0 saturated heterocycles. The van der Waals surface area contributed by atoms with Crippen molar-refractivity contribution in [2.45, 2.75) is 162 Å². The highest BCUT2D eigenvalue weighted by molar-refractivity contribution is 7.71. The summed E-state index contributed by atoms with van der Waals surface area (Å²) in [5, 5.41) is 36.4. The van der Waals surface area contributed by atoms with Crippen LogP contribution in [0.3, 0.4) is 0 Å². The van der Waals surface area contributed by atoms with E-state index >= 15 is 0 Å². The zero-order valence-electron chi connectivity index (χ0n) is 49.5. The number of aromatic amines is 4. The van der Waals surface area contributed by atoms with Crippen LogP contribution in [0, 0.1) is 4.77 Å². The first-order chi connectivity index (χ1) is 40.5. The lowest BCUT2D eigenvalue weighted by atomic mass is 10.2. The van der Waals surface area contributed by atoms with Crippen molar-refractivity contribution in [1.82, 2.24) is 95.5 Å². The van der Waals surface area contributed by atoms with Gasteiger partial charge in [0.15, 0.2) is 33.9 Å². The van der Waals surface area contributed by atoms with Gasteiger partial charge in [0.25, 0.3) is 11.8 Å². The van der Waals surface area contributed by atoms with Gasteiger partial charge in [-0.2, -0.15) is 43.5 Å². The summed E-state index contributed by atoms with van der Waals surface area (Å²) in [5.41, 5.74) is 3.33. The van der Waals surface area contributed by atoms with Crippen molar-refractivity contribution in [3.05, 3.63) is 172 Å². The highest BCUT2D eigenvalue weighted by Gasteiger charge is 2.32. The Balaban J connectivity index is 0.000000537. The molecule has 9 heterocycles. The van der Waals surface area contributed by atoms with Gasteiger partial charge in [-0.1, -0.05) is 172 Å². The van der Waals surface area contributed by atoms with Crippen molar-refractivity contribution in [2.24, 2.45) is 7.05 Å². The molecule has 26 heteroatoms. The quantitative estimate of drug-likeness (QED) is 0.0876. The van der Waals surface area contributed by atoms with E-state index in [0.717, 1.165) is 86.1 Å². The molecule has 486 valence electrons. The maximum atomic E-state index is 12.3. The normalized spacial score (nSPS) is 10.5. The minimum absolute atomic E-state index is 0. The molecule has 0 unspecified atom stereocenters. The van der Waals surface area contributed by atoms with Crippen LogP contribution in [0.2, 0.25) is 5.02 Å². The number of hydrogen-bond acceptors (Lipinski definition) is 17. The maximum absolute atomic E-state index is 12.3. The molecule has 0 aliphatic carbocycles. The summed E-state index contributed by atoms with van der Waals surface area (Å²) in [6, 6.07) is 27.1. The number of hydrogen-bond donors (Lipinski definition) is 4. The lowest BCUT2D eigenvalue weighted by Crippen LogP contribution is -2.07. The van der Waals surface area contributed by atoms with E-state index in [9.17, 15) is 13.2 Å². The van der Waals surface area contributed by atoms with Crippen LogP contribution in [0.15, 0.2) is 131 Å². The molecule has 0 spiro atoms. The second-order valence-corrected chi connectivity index (χ2v) is 21.5. The van der Waals surface area contributed by atoms with E-state index in [2.05, 4.69) is 146 Å². The van der Waals surface area contributed by atoms with Crippen LogP contribution in [0.5, 0.6) is 0 Å². The number of nitrogens with one attached hydrogen (secondary N) is 4. The van der Waals surface area contributed by atoms with Gasteiger partial charge in [-0.05, 0) is 72.9 Å². The van der Waals surface area contributed by atoms with Gasteiger partial charge < -0.3 is 13.6 Å². The molecule has 2 aromatic carbocycles. The van der Waals surface area contributed by atoms with Gasteiger partial charge in [0, 0.05) is 101 Å². The van der Waals surface area contributed by atoms with Gasteiger partial charge in [-0.3, -0.25) is 35.3 Å². The standard InChI is InChI=1S/C11H12ClN3.C11H10F3N3O.C11H13N3.C10H12N4.C10H11N3O.C6H11N3S.5CH4/c1-7(2)10-13-11(15-14-10)8-3-5-9(12)6-4-8;1-6(2)9-16-10(18-17-9)7-3-4-8(15-5-7)11(12,13)14;1-8(2)10-12-11(14-13-10)9-6-4-3-5-7-9;2*1-7(2)9-12-10(14-13-9)8-3-5-11-6-4-8;1-4(2)5-7-8-6(10)9(5)3;;;;;/h3-7H,1-2H3,(H,13,14,15);3-6H,1-2H3;3-8H,1-2H3,(H,12,13,14);3-7H,1-2H3,(H,12,13,14);3-7H,1-2H3;4H,1-3H3,(H,8,10);5*1H4. The van der Waals surface area contributed by atoms with Crippen molar-refractivity contribution in [2.75, 3.05) is 0 Å². The third-order valence-electron chi connectivity index (χ3n) is 11.8. The number of alkyl halides is 3. The third-order valence-corrected chi connectivity index (χ3v) is 12.4. The number of benzene rings is 2. The molecular weight excluding hydrogens is 1190 g/mol. The largest absolute Gasteiger partial charge is 0.433 e. The van der Waals surface area contributed by atoms with Crippen LogP contribution >= 0.6 is 23.8 Å². The Morgan fingerprint density at radius 1 is 0.456 bits per heavy atom. The van der Waals surface area contributed by atoms with Gasteiger partial charge in [0.1, 0.15) is 29.0 Å². The number of nitrogens with zero attached hydrogens (tertiary/aromatic N) is 15. The Hall–Kier alpha value is -8.97. The van der Waals surface area contributed by atoms with Crippen LogP contribution in [0.25, 0.3) is 57.1 Å². The van der Waals surface area contributed by atoms with Crippen molar-refractivity contribution < 1.29 is 22.2 Å². The Morgan fingerprint density at radius 3 is 1.17 bits per heavy atom. The van der Waals surface area contributed by atoms with Crippen molar-refractivity contribution in [3.63, 3.8) is 0 Å². The molecule has 0 aliphatic heterocycles. The molecule has 21 nitrogen and oxygen atoms in total. The van der Waals surface area contributed by atoms with Crippen molar-refractivity contribution in [1.29, 1.82) is 0 Å². The molecule has 0 bridgehead atoms. The van der Waals surface area contributed by atoms with Crippen LogP contribution in [-0.4, -0.2) is 95.5 Å². The first-order valence-electron chi connectivity index (χ1n) is 27.2. The lowest BCUT2D eigenvalue weighted by molar-refractivity contribution is -0.141. The summed E-state index contributed by atoms with van der Waals surface area (Å²) >= 11 is 10.7. The monoisotopic (exact) mass is 1280 g/mol. The molecule has 90 heavy (non-hydrogen) atoms. The fourth-order valence-electron chi connectivity index (χ4n) is 6.90. The Kier molecular flexibility index (Phi) is 33.2. The van der Waals surface area contributed by atoms with E-state index in [-0.39, 0.29) is 54.9 Å². The second-order valence-electron chi connectivity index (χ2n) is 20.7. The van der Waals surface area contributed by atoms with Crippen LogP contribution in [-0.2, 0) is 13.2 Å². The minimum atomic E-state index is -4.45. The number of rotatable bonds is 11. The number of H-pyrrole nitrogens is 4. The Bertz CT molecular complexity index is 3550. The SMILES string of the molecule is C.C.C.C.C.CC(C)c1n[nH]c(=S)n1C.CC(C)c1nc(-c2ccc(Cl)cc2)n[nH]1.CC(C)c1nc(-c2ccccc2)n[nH]1.CC(C)c1nc(-c2ccncc2)n[nH]1.CC(C)c1noc(-c2ccc(C(F)(F)F)nc2)n1.CC(C)c1noc(-c2ccncc2)n1. The minimum Gasteiger partial charge on any atom is -0.334 e. The van der Waals surface area contributed by atoms with Gasteiger partial charge in [-0.25, -0.2) is 15.0 Å². The van der Waals surface area contributed by atoms with Crippen molar-refractivity contribution in [3.8, 4) is 57.1 Å². The lowest BCUT2D eigenvalue weighted by Gasteiger charge is -2.04. The molecule has 0 saturated carbocycles. The number of pyridine rings is 3. The molecule has 11 aromatic rings. The molecule has 9 aromatic heterocycles. The van der Waals surface area contributed by atoms with Gasteiger partial charge in [-0.15, -0.1) is 0 Å². The molecule has 11 rings (SSSR count). The highest BCUT2D eigenvalue weighted by Crippen LogP contribution is 2.29. The molecule has 0 aliphatic rings. The smallest absolute Gasteiger partial charge is 0.334 e. The Morgan fingerprint density at radius 2 is 0.844 bits per heavy atom. The van der Waals surface area contributed by atoms with E-state index in [4.69, 9.17) is 32.9 Å². The number of halogens is 4. The topological polar surface area (TPSA) is 275 Å². The molecule has 0 amide bonds. The molecule has 0 radical (unpaired) electrons. The van der Waals surface area contributed by atoms with Crippen LogP contribution in [0.1, 0.15) is 196 Å². The summed E-state index contributed by atoms with van der Waals surface area (Å²) in [6.07, 6.45) is 3.50. The molecular formula is C64H89ClF3N19O2S. The van der Waals surface area contributed by atoms with Gasteiger partial charge >= 0.3 is 6.18 Å². The number of aromatic nitrogens is 19. The zero-order valence-corrected chi connectivity index (χ0v) is 51.0. The average molecular weight is 1280 g/mol. The summed E-state index contributed by atoms with van der Waals surface area (Å²) in [5.74, 6) is 9.86. The summed E-state index contributed by atoms with van der Waals surface area (Å²) in [6.45, 7) is 24.5. The van der Waals surface area contributed by atoms with E-state index in [0.29, 0.717) is 45.7 Å². The maximum Gasteiger partial charge on any atom is 0.433 e. The Labute approximate surface area is 537 Å². The van der Waals surface area contributed by atoms with E-state index in [1.54, 1.807) is 24.8 Å². The van der Waals surface area contributed by atoms with E-state index in [1.165, 1.54) is 6.07 Å². The first-order valence-corrected chi connectivity index (χ1v) is 28.0. The third kappa shape index (κ3) is 23.5. The van der Waals surface area contributed by atoms with Gasteiger partial charge in [0.05, 0.1) is 5.56 Å². The van der Waals surface area contributed by atoms with Crippen LogP contribution in [0.4, 0.5) is 13.2 Å². The van der Waals surface area contributed by atoms with Crippen molar-refractivity contribution >= 4 is 23.8 Å². The van der Waals surface area contributed by atoms with Gasteiger partial charge in [0.2, 0.25) is 0 Å². The molecule has 4 N–H and O–H groups in total. The average Bonchev–Trinajstić information content (AvgIpc) is 2.53. The summed E-state index contributed by atoms with van der Waals surface area (Å²) in [7, 11) is 1.92. The summed E-state index contributed by atoms with van der Waals surface area (Å²) < 4.78 is 49.6. The van der Waals surface area contributed by atoms with E-state index < -0.39 is 11.9 Å². The highest BCUT2D eigenvalue weighted by atomic mass is 35.5. The van der Waals surface area contributed by atoms with E-state index in [1.807, 2.05) is 118 Å². The fraction of sp³-hybridized carbons (Fsp3) is 0.391. The van der Waals surface area contributed by atoms with Crippen LogP contribution < -0.4 is 0 Å². The predicted octanol–water partition coefficient (Wildman–Crippen LogP) is 18.1. The molecule has 0 atom stereocenters. The molecule has 0 fully saturated rings.